The molecule has 0 fully saturated rings. The van der Waals surface area contributed by atoms with Gasteiger partial charge >= 0.3 is 0 Å². The van der Waals surface area contributed by atoms with Gasteiger partial charge in [0.15, 0.2) is 0 Å². The standard InChI is InChI=1S/C10H3Cl5O4/c11-6(16)3-1-10(15,9(14)19)2-4(7(12)17)5(3)8(13)18/h1H,2H2. The molecular weight excluding hydrogens is 361 g/mol. The van der Waals surface area contributed by atoms with Crippen LogP contribution < -0.4 is 0 Å². The van der Waals surface area contributed by atoms with Gasteiger partial charge in [0.05, 0.1) is 5.57 Å². The van der Waals surface area contributed by atoms with Crippen LogP contribution >= 0.6 is 58.0 Å². The first-order valence-corrected chi connectivity index (χ1v) is 6.44. The van der Waals surface area contributed by atoms with Gasteiger partial charge in [-0.2, -0.15) is 0 Å². The summed E-state index contributed by atoms with van der Waals surface area (Å²) in [6, 6.07) is 0. The van der Waals surface area contributed by atoms with Crippen LogP contribution in [0.2, 0.25) is 0 Å². The highest BCUT2D eigenvalue weighted by molar-refractivity contribution is 6.76. The van der Waals surface area contributed by atoms with Gasteiger partial charge in [-0.15, -0.1) is 11.6 Å². The summed E-state index contributed by atoms with van der Waals surface area (Å²) >= 11 is 27.0. The van der Waals surface area contributed by atoms with Gasteiger partial charge in [0, 0.05) is 17.6 Å². The van der Waals surface area contributed by atoms with E-state index >= 15 is 0 Å². The molecule has 4 nitrogen and oxygen atoms in total. The van der Waals surface area contributed by atoms with E-state index in [2.05, 4.69) is 0 Å². The average Bonchev–Trinajstić information content (AvgIpc) is 2.26. The summed E-state index contributed by atoms with van der Waals surface area (Å²) in [5, 5.41) is -4.39. The Morgan fingerprint density at radius 2 is 1.47 bits per heavy atom. The van der Waals surface area contributed by atoms with Crippen molar-refractivity contribution in [2.24, 2.45) is 0 Å². The number of rotatable bonds is 4. The Morgan fingerprint density at radius 3 is 1.79 bits per heavy atom. The Kier molecular flexibility index (Phi) is 5.21. The third-order valence-corrected chi connectivity index (χ3v) is 3.82. The number of hydrogen-bond acceptors (Lipinski definition) is 4. The van der Waals surface area contributed by atoms with Crippen LogP contribution in [-0.2, 0) is 19.2 Å². The first kappa shape index (κ1) is 16.7. The number of allylic oxidation sites excluding steroid dienone is 4. The molecule has 0 heterocycles. The minimum Gasteiger partial charge on any atom is -0.279 e. The molecule has 0 aromatic carbocycles. The lowest BCUT2D eigenvalue weighted by molar-refractivity contribution is -0.114. The SMILES string of the molecule is O=C(Cl)C1=CC(Cl)(C(=O)Cl)CC(C(=O)Cl)=C1C(=O)Cl. The van der Waals surface area contributed by atoms with Crippen molar-refractivity contribution >= 4 is 79.0 Å². The van der Waals surface area contributed by atoms with Gasteiger partial charge in [-0.05, 0) is 52.5 Å². The van der Waals surface area contributed by atoms with Gasteiger partial charge in [0.2, 0.25) is 10.5 Å². The summed E-state index contributed by atoms with van der Waals surface area (Å²) in [5.41, 5.74) is -1.35. The predicted octanol–water partition coefficient (Wildman–Crippen LogP) is 2.65. The Balaban J connectivity index is 3.60. The number of halogens is 5. The fourth-order valence-electron chi connectivity index (χ4n) is 1.53. The Bertz CT molecular complexity index is 562. The topological polar surface area (TPSA) is 68.3 Å². The van der Waals surface area contributed by atoms with Crippen LogP contribution in [-0.4, -0.2) is 25.8 Å². The molecular formula is C10H3Cl5O4. The van der Waals surface area contributed by atoms with E-state index in [1.54, 1.807) is 0 Å². The van der Waals surface area contributed by atoms with Crippen molar-refractivity contribution in [3.63, 3.8) is 0 Å². The van der Waals surface area contributed by atoms with E-state index < -0.39 is 49.0 Å². The summed E-state index contributed by atoms with van der Waals surface area (Å²) in [6.07, 6.45) is 0.416. The zero-order valence-electron chi connectivity index (χ0n) is 8.81. The van der Waals surface area contributed by atoms with E-state index in [1.807, 2.05) is 0 Å². The molecule has 19 heavy (non-hydrogen) atoms. The molecule has 0 amide bonds. The maximum absolute atomic E-state index is 11.3. The van der Waals surface area contributed by atoms with Crippen LogP contribution in [0.25, 0.3) is 0 Å². The summed E-state index contributed by atoms with van der Waals surface area (Å²) < 4.78 is 0. The van der Waals surface area contributed by atoms with Gasteiger partial charge in [-0.1, -0.05) is 0 Å². The molecule has 0 N–H and O–H groups in total. The lowest BCUT2D eigenvalue weighted by Gasteiger charge is -2.26. The summed E-state index contributed by atoms with van der Waals surface area (Å²) in [7, 11) is 0. The van der Waals surface area contributed by atoms with Crippen LogP contribution in [0, 0.1) is 0 Å². The minimum absolute atomic E-state index is 0.392. The molecule has 0 bridgehead atoms. The molecule has 1 atom stereocenters. The second-order valence-electron chi connectivity index (χ2n) is 3.55. The van der Waals surface area contributed by atoms with Crippen LogP contribution in [0.1, 0.15) is 6.42 Å². The monoisotopic (exact) mass is 362 g/mol. The lowest BCUT2D eigenvalue weighted by Crippen LogP contribution is -2.33. The van der Waals surface area contributed by atoms with E-state index in [0.717, 1.165) is 6.08 Å². The second kappa shape index (κ2) is 5.94. The Labute approximate surface area is 132 Å². The Hall–Kier alpha value is -0.390. The highest BCUT2D eigenvalue weighted by Crippen LogP contribution is 2.40. The van der Waals surface area contributed by atoms with Crippen LogP contribution in [0.4, 0.5) is 0 Å². The van der Waals surface area contributed by atoms with Gasteiger partial charge in [-0.25, -0.2) is 0 Å². The molecule has 0 saturated carbocycles. The molecule has 9 heteroatoms. The molecule has 0 spiro atoms. The van der Waals surface area contributed by atoms with Crippen molar-refractivity contribution in [2.75, 3.05) is 0 Å². The number of alkyl halides is 1. The van der Waals surface area contributed by atoms with E-state index in [0.29, 0.717) is 0 Å². The predicted molar refractivity (Wildman–Crippen MR) is 71.8 cm³/mol. The number of carbonyl (C=O) groups excluding carboxylic acids is 4. The molecule has 1 aliphatic carbocycles. The lowest BCUT2D eigenvalue weighted by atomic mass is 9.85. The van der Waals surface area contributed by atoms with Crippen LogP contribution in [0.15, 0.2) is 22.8 Å². The van der Waals surface area contributed by atoms with Gasteiger partial charge in [-0.3, -0.25) is 19.2 Å². The van der Waals surface area contributed by atoms with E-state index in [9.17, 15) is 19.2 Å². The average molecular weight is 364 g/mol. The minimum atomic E-state index is -1.89. The largest absolute Gasteiger partial charge is 0.279 e. The molecule has 102 valence electrons. The van der Waals surface area contributed by atoms with Gasteiger partial charge < -0.3 is 0 Å². The molecule has 0 aromatic rings. The van der Waals surface area contributed by atoms with Crippen molar-refractivity contribution in [3.05, 3.63) is 22.8 Å². The third kappa shape index (κ3) is 3.38. The van der Waals surface area contributed by atoms with E-state index in [1.165, 1.54) is 0 Å². The van der Waals surface area contributed by atoms with Crippen LogP contribution in [0.3, 0.4) is 0 Å². The van der Waals surface area contributed by atoms with Crippen molar-refractivity contribution in [1.29, 1.82) is 0 Å². The van der Waals surface area contributed by atoms with Crippen molar-refractivity contribution in [2.45, 2.75) is 11.3 Å². The van der Waals surface area contributed by atoms with Crippen molar-refractivity contribution in [1.82, 2.24) is 0 Å². The van der Waals surface area contributed by atoms with E-state index in [4.69, 9.17) is 58.0 Å². The first-order valence-electron chi connectivity index (χ1n) is 4.55. The summed E-state index contributed by atoms with van der Waals surface area (Å²) in [5.74, 6) is 0. The smallest absolute Gasteiger partial charge is 0.253 e. The molecule has 1 rings (SSSR count). The normalized spacial score (nSPS) is 22.9. The number of carbonyl (C=O) groups is 4. The van der Waals surface area contributed by atoms with Gasteiger partial charge in [0.25, 0.3) is 10.5 Å². The fraction of sp³-hybridized carbons (Fsp3) is 0.200. The van der Waals surface area contributed by atoms with Crippen LogP contribution in [0.5, 0.6) is 0 Å². The molecule has 0 aromatic heterocycles. The summed E-state index contributed by atoms with van der Waals surface area (Å²) in [4.78, 5) is 43.2. The zero-order valence-corrected chi connectivity index (χ0v) is 12.6. The number of hydrogen-bond donors (Lipinski definition) is 0. The highest BCUT2D eigenvalue weighted by atomic mass is 35.5. The van der Waals surface area contributed by atoms with Gasteiger partial charge in [0.1, 0.15) is 4.87 Å². The molecule has 0 saturated heterocycles. The zero-order chi connectivity index (χ0) is 15.0. The molecule has 1 aliphatic rings. The molecule has 0 aliphatic heterocycles. The second-order valence-corrected chi connectivity index (χ2v) is 5.59. The van der Waals surface area contributed by atoms with Crippen molar-refractivity contribution < 1.29 is 19.2 Å². The summed E-state index contributed by atoms with van der Waals surface area (Å²) in [6.45, 7) is 0. The van der Waals surface area contributed by atoms with Crippen molar-refractivity contribution in [3.8, 4) is 0 Å². The first-order chi connectivity index (χ1) is 8.60. The third-order valence-electron chi connectivity index (χ3n) is 2.35. The fourth-order valence-corrected chi connectivity index (χ4v) is 2.42. The molecule has 1 unspecified atom stereocenters. The van der Waals surface area contributed by atoms with E-state index in [-0.39, 0.29) is 0 Å². The Morgan fingerprint density at radius 1 is 0.947 bits per heavy atom. The maximum atomic E-state index is 11.3. The maximum Gasteiger partial charge on any atom is 0.253 e. The quantitative estimate of drug-likeness (QED) is 0.568. The highest BCUT2D eigenvalue weighted by Gasteiger charge is 2.43. The molecule has 0 radical (unpaired) electrons.